The van der Waals surface area contributed by atoms with Crippen LogP contribution < -0.4 is 54.0 Å². The van der Waals surface area contributed by atoms with Gasteiger partial charge in [-0.1, -0.05) is 198 Å². The molecule has 0 radical (unpaired) electrons. The number of carboxylic acids is 2. The van der Waals surface area contributed by atoms with Gasteiger partial charge in [0.25, 0.3) is 0 Å². The largest absolute Gasteiger partial charge is 0.481 e. The Bertz CT molecular complexity index is 3250. The first-order chi connectivity index (χ1) is 56.6. The summed E-state index contributed by atoms with van der Waals surface area (Å²) in [7, 11) is 0. The van der Waals surface area contributed by atoms with Crippen molar-refractivity contribution >= 4 is 89.7 Å². The second-order valence-corrected chi connectivity index (χ2v) is 31.5. The summed E-state index contributed by atoms with van der Waals surface area (Å²) in [5.74, 6) is -11.5. The molecule has 9 amide bonds. The van der Waals surface area contributed by atoms with E-state index in [1.807, 2.05) is 0 Å². The summed E-state index contributed by atoms with van der Waals surface area (Å²) in [5, 5.41) is 51.2. The van der Waals surface area contributed by atoms with Crippen LogP contribution in [0.25, 0.3) is 0 Å². The van der Waals surface area contributed by atoms with E-state index in [0.29, 0.717) is 56.2 Å². The quantitative estimate of drug-likeness (QED) is 0.0196. The van der Waals surface area contributed by atoms with Gasteiger partial charge in [0.15, 0.2) is 0 Å². The number of hydrogen-bond donors (Lipinski definition) is 15. The Hall–Kier alpha value is -8.27. The number of rotatable bonds is 67. The number of carboxylic acid groups (broad SMARTS) is 2. The fourth-order valence-electron chi connectivity index (χ4n) is 14.6. The molecular weight excluding hydrogens is 1530 g/mol. The van der Waals surface area contributed by atoms with Crippen LogP contribution in [0.2, 0.25) is 0 Å². The van der Waals surface area contributed by atoms with Crippen molar-refractivity contribution in [3.63, 3.8) is 0 Å². The number of carbonyl (C=O) groups is 13. The molecule has 2 aliphatic heterocycles. The average Bonchev–Trinajstić information content (AvgIpc) is 1.72. The number of likely N-dealkylation sites (tertiary alicyclic amines) is 2. The summed E-state index contributed by atoms with van der Waals surface area (Å²) in [6.07, 6.45) is 33.0. The Morgan fingerprint density at radius 1 is 0.530 bits per heavy atom. The Morgan fingerprint density at radius 2 is 0.991 bits per heavy atom. The molecule has 0 spiro atoms. The van der Waals surface area contributed by atoms with Crippen LogP contribution in [0.4, 0.5) is 0 Å². The van der Waals surface area contributed by atoms with Crippen molar-refractivity contribution < 1.29 is 87.1 Å². The van der Waals surface area contributed by atoms with Crippen molar-refractivity contribution in [2.75, 3.05) is 58.2 Å². The predicted molar refractivity (Wildman–Crippen MR) is 446 cm³/mol. The standard InChI is InChI=1S/C84H140N14O18S/c1-3-5-7-9-11-13-15-17-19-21-23-25-30-44-74(103)115-57-62(116-75(104)45-31-26-24-22-20-18-16-14-12-10-8-6-4-2)54-88-69(58-117)76(105)89-55-72(100)91-66(52-73(101)102)83(112)98-49-37-43-71(98)81(110)92-63(40-32-34-46-85)77(106)94-65(51-61-53-87-59-90-61)82(111)97-48-36-42-70(97)80(109)93-64(41-33-35-47-86)78(107)96-68(56-99)79(108)95-67(84(113)114)50-60-38-28-27-29-39-60/h27-29,38-39,53,59,62-71,88,99,117H,3-26,30-37,40-52,54-58,85-86H2,1-2H3,(H,87,90)(H,89,105)(H,91,100)(H,92,110)(H,93,109)(H,94,106)(H,95,108)(H,96,107)(H,101,102)(H,113,114)/t62-,63?,64?,65?,66?,67?,68?,69?,70?,71+/m0/s1. The van der Waals surface area contributed by atoms with Gasteiger partial charge in [0.2, 0.25) is 53.2 Å². The van der Waals surface area contributed by atoms with Crippen molar-refractivity contribution in [1.29, 1.82) is 0 Å². The monoisotopic (exact) mass is 1670 g/mol. The highest BCUT2D eigenvalue weighted by molar-refractivity contribution is 7.80. The molecule has 0 bridgehead atoms. The third-order valence-electron chi connectivity index (χ3n) is 21.4. The number of thiol groups is 1. The van der Waals surface area contributed by atoms with E-state index in [9.17, 15) is 77.6 Å². The number of benzene rings is 1. The molecule has 3 heterocycles. The lowest BCUT2D eigenvalue weighted by atomic mass is 10.0. The van der Waals surface area contributed by atoms with E-state index >= 15 is 0 Å². The summed E-state index contributed by atoms with van der Waals surface area (Å²) in [6.45, 7) is 2.81. The SMILES string of the molecule is CCCCCCCCCCCCCCCC(=O)OC[C@H](CNC(CS)C(=O)NCC(=O)NC(CC(=O)O)C(=O)N1CCC[C@@H]1C(=O)NC(CCCCN)C(=O)NC(Cc1cnc[nH]1)C(=O)N1CCCC1C(=O)NC(CCCCN)C(=O)NC(CO)C(=O)NC(Cc1ccccc1)C(=O)O)OC(=O)CCCCCCCCCCCCCCC. The molecule has 2 saturated heterocycles. The van der Waals surface area contributed by atoms with Gasteiger partial charge in [-0.15, -0.1) is 0 Å². The minimum Gasteiger partial charge on any atom is -0.481 e. The molecule has 1 aromatic carbocycles. The molecule has 32 nitrogen and oxygen atoms in total. The second kappa shape index (κ2) is 61.1. The molecule has 16 N–H and O–H groups in total. The van der Waals surface area contributed by atoms with Crippen LogP contribution in [-0.4, -0.2) is 231 Å². The van der Waals surface area contributed by atoms with Gasteiger partial charge in [-0.2, -0.15) is 12.6 Å². The molecule has 2 fully saturated rings. The van der Waals surface area contributed by atoms with E-state index in [0.717, 1.165) is 49.8 Å². The number of unbranched alkanes of at least 4 members (excludes halogenated alkanes) is 26. The molecule has 117 heavy (non-hydrogen) atoms. The van der Waals surface area contributed by atoms with Gasteiger partial charge in [0, 0.05) is 63.0 Å². The maximum absolute atomic E-state index is 14.9. The molecule has 4 rings (SSSR count). The fraction of sp³-hybridized carbons (Fsp3) is 0.738. The lowest BCUT2D eigenvalue weighted by Crippen LogP contribution is -2.60. The number of hydrogen-bond acceptors (Lipinski definition) is 21. The molecular formula is C84H140N14O18S. The topological polar surface area (TPSA) is 484 Å². The van der Waals surface area contributed by atoms with Crippen LogP contribution >= 0.6 is 12.6 Å². The number of aromatic nitrogens is 2. The number of H-pyrrole nitrogens is 1. The molecule has 2 aromatic rings. The number of aliphatic carboxylic acids is 2. The van der Waals surface area contributed by atoms with Gasteiger partial charge in [0.05, 0.1) is 31.9 Å². The third-order valence-corrected chi connectivity index (χ3v) is 21.7. The molecule has 10 atom stereocenters. The summed E-state index contributed by atoms with van der Waals surface area (Å²) in [4.78, 5) is 188. The van der Waals surface area contributed by atoms with Gasteiger partial charge in [-0.3, -0.25) is 57.5 Å². The van der Waals surface area contributed by atoms with E-state index in [2.05, 4.69) is 79.0 Å². The van der Waals surface area contributed by atoms with Crippen molar-refractivity contribution in [1.82, 2.24) is 62.3 Å². The average molecular weight is 1670 g/mol. The van der Waals surface area contributed by atoms with Crippen molar-refractivity contribution in [3.05, 3.63) is 54.1 Å². The highest BCUT2D eigenvalue weighted by Crippen LogP contribution is 2.24. The summed E-state index contributed by atoms with van der Waals surface area (Å²) in [6, 6.07) is -3.95. The first kappa shape index (κ1) is 101. The van der Waals surface area contributed by atoms with Crippen LogP contribution in [0, 0.1) is 0 Å². The van der Waals surface area contributed by atoms with Crippen molar-refractivity contribution in [3.8, 4) is 0 Å². The Morgan fingerprint density at radius 3 is 1.44 bits per heavy atom. The van der Waals surface area contributed by atoms with Gasteiger partial charge < -0.3 is 93.6 Å². The molecule has 2 aliphatic rings. The maximum Gasteiger partial charge on any atom is 0.326 e. The lowest BCUT2D eigenvalue weighted by Gasteiger charge is -2.31. The fourth-order valence-corrected chi connectivity index (χ4v) is 14.9. The third kappa shape index (κ3) is 41.8. The number of amides is 9. The number of ether oxygens (including phenoxy) is 2. The van der Waals surface area contributed by atoms with Crippen LogP contribution in [0.15, 0.2) is 42.9 Å². The number of aliphatic hydroxyl groups is 1. The zero-order valence-corrected chi connectivity index (χ0v) is 70.5. The molecule has 0 aliphatic carbocycles. The zero-order chi connectivity index (χ0) is 85.4. The Balaban J connectivity index is 1.39. The van der Waals surface area contributed by atoms with Gasteiger partial charge >= 0.3 is 23.9 Å². The number of aliphatic hydroxyl groups excluding tert-OH is 1. The van der Waals surface area contributed by atoms with E-state index in [-0.39, 0.29) is 103 Å². The van der Waals surface area contributed by atoms with Crippen molar-refractivity contribution in [2.45, 2.75) is 338 Å². The first-order valence-corrected chi connectivity index (χ1v) is 44.1. The summed E-state index contributed by atoms with van der Waals surface area (Å²) >= 11 is 4.37. The van der Waals surface area contributed by atoms with E-state index in [1.54, 1.807) is 30.3 Å². The number of carbonyl (C=O) groups excluding carboxylic acids is 11. The maximum atomic E-state index is 14.9. The molecule has 0 saturated carbocycles. The predicted octanol–water partition coefficient (Wildman–Crippen LogP) is 6.32. The summed E-state index contributed by atoms with van der Waals surface area (Å²) in [5.41, 5.74) is 12.6. The molecule has 660 valence electrons. The van der Waals surface area contributed by atoms with Crippen LogP contribution in [0.1, 0.15) is 276 Å². The molecule has 8 unspecified atom stereocenters. The van der Waals surface area contributed by atoms with Gasteiger partial charge in [-0.25, -0.2) is 9.78 Å². The Kier molecular flexibility index (Phi) is 52.8. The van der Waals surface area contributed by atoms with E-state index < -0.39 is 157 Å². The number of nitrogens with one attached hydrogen (secondary N) is 9. The molecule has 33 heteroatoms. The van der Waals surface area contributed by atoms with E-state index in [4.69, 9.17) is 20.9 Å². The number of imidazole rings is 1. The number of esters is 2. The molecule has 1 aromatic heterocycles. The van der Waals surface area contributed by atoms with E-state index in [1.165, 1.54) is 127 Å². The van der Waals surface area contributed by atoms with Crippen LogP contribution in [0.5, 0.6) is 0 Å². The first-order valence-electron chi connectivity index (χ1n) is 43.4. The van der Waals surface area contributed by atoms with Crippen LogP contribution in [0.3, 0.4) is 0 Å². The smallest absolute Gasteiger partial charge is 0.326 e. The Labute approximate surface area is 697 Å². The summed E-state index contributed by atoms with van der Waals surface area (Å²) < 4.78 is 11.5. The number of aromatic amines is 1. The van der Waals surface area contributed by atoms with Gasteiger partial charge in [0.1, 0.15) is 61.0 Å². The normalized spacial score (nSPS) is 15.9. The second-order valence-electron chi connectivity index (χ2n) is 31.1. The zero-order valence-electron chi connectivity index (χ0n) is 69.6. The lowest BCUT2D eigenvalue weighted by molar-refractivity contribution is -0.159. The number of nitrogens with two attached hydrogens (primary N) is 2. The minimum absolute atomic E-state index is 0.00881. The highest BCUT2D eigenvalue weighted by Gasteiger charge is 2.43. The minimum atomic E-state index is -1.74. The van der Waals surface area contributed by atoms with Crippen molar-refractivity contribution in [2.24, 2.45) is 11.5 Å². The van der Waals surface area contributed by atoms with Crippen LogP contribution in [-0.2, 0) is 84.6 Å². The van der Waals surface area contributed by atoms with Gasteiger partial charge in [-0.05, 0) is 95.7 Å². The highest BCUT2D eigenvalue weighted by atomic mass is 32.1. The number of nitrogens with zero attached hydrogens (tertiary/aromatic N) is 3.